The van der Waals surface area contributed by atoms with Crippen molar-refractivity contribution in [2.24, 2.45) is 0 Å². The van der Waals surface area contributed by atoms with Crippen LogP contribution in [0.25, 0.3) is 0 Å². The van der Waals surface area contributed by atoms with Crippen molar-refractivity contribution >= 4 is 5.91 Å². The smallest absolute Gasteiger partial charge is 0.222 e. The minimum Gasteiger partial charge on any atom is -0.340 e. The van der Waals surface area contributed by atoms with E-state index in [4.69, 9.17) is 0 Å². The first-order valence-corrected chi connectivity index (χ1v) is 6.85. The Labute approximate surface area is 120 Å². The Morgan fingerprint density at radius 1 is 1.15 bits per heavy atom. The zero-order valence-corrected chi connectivity index (χ0v) is 12.0. The van der Waals surface area contributed by atoms with Gasteiger partial charge in [-0.25, -0.2) is 0 Å². The van der Waals surface area contributed by atoms with E-state index in [0.29, 0.717) is 13.0 Å². The number of carbonyl (C=O) groups excluding carboxylic acids is 1. The molecule has 0 saturated heterocycles. The molecule has 0 spiro atoms. The average molecular weight is 268 g/mol. The first-order chi connectivity index (χ1) is 9.66. The van der Waals surface area contributed by atoms with Crippen molar-refractivity contribution in [1.82, 2.24) is 9.88 Å². The van der Waals surface area contributed by atoms with Crippen LogP contribution in [0.4, 0.5) is 0 Å². The van der Waals surface area contributed by atoms with Crippen LogP contribution in [-0.2, 0) is 17.8 Å². The fourth-order valence-electron chi connectivity index (χ4n) is 2.15. The molecule has 1 heterocycles. The number of rotatable bonds is 5. The molecule has 104 valence electrons. The molecule has 0 aliphatic carbocycles. The first kappa shape index (κ1) is 14.3. The number of aromatic nitrogens is 1. The van der Waals surface area contributed by atoms with Crippen LogP contribution in [0, 0.1) is 6.92 Å². The molecular weight excluding hydrogens is 248 g/mol. The number of nitrogens with zero attached hydrogens (tertiary/aromatic N) is 2. The van der Waals surface area contributed by atoms with Gasteiger partial charge in [0.25, 0.3) is 0 Å². The van der Waals surface area contributed by atoms with Gasteiger partial charge in [0.2, 0.25) is 5.91 Å². The minimum absolute atomic E-state index is 0.152. The third-order valence-corrected chi connectivity index (χ3v) is 3.42. The Morgan fingerprint density at radius 3 is 2.60 bits per heavy atom. The maximum atomic E-state index is 12.1. The van der Waals surface area contributed by atoms with E-state index in [1.165, 1.54) is 11.1 Å². The van der Waals surface area contributed by atoms with Crippen molar-refractivity contribution in [1.29, 1.82) is 0 Å². The van der Waals surface area contributed by atoms with Gasteiger partial charge in [0, 0.05) is 19.7 Å². The summed E-state index contributed by atoms with van der Waals surface area (Å²) in [5.74, 6) is 0.152. The molecule has 0 atom stereocenters. The number of hydrogen-bond donors (Lipinski definition) is 0. The summed E-state index contributed by atoms with van der Waals surface area (Å²) in [6, 6.07) is 14.0. The van der Waals surface area contributed by atoms with Crippen molar-refractivity contribution in [3.05, 3.63) is 65.5 Å². The average Bonchev–Trinajstić information content (AvgIpc) is 2.47. The van der Waals surface area contributed by atoms with Crippen molar-refractivity contribution in [2.75, 3.05) is 7.05 Å². The monoisotopic (exact) mass is 268 g/mol. The topological polar surface area (TPSA) is 33.2 Å². The van der Waals surface area contributed by atoms with E-state index in [9.17, 15) is 4.79 Å². The van der Waals surface area contributed by atoms with E-state index in [2.05, 4.69) is 24.0 Å². The van der Waals surface area contributed by atoms with Gasteiger partial charge in [-0.2, -0.15) is 0 Å². The van der Waals surface area contributed by atoms with Crippen LogP contribution in [0.5, 0.6) is 0 Å². The predicted molar refractivity (Wildman–Crippen MR) is 80.2 cm³/mol. The van der Waals surface area contributed by atoms with Gasteiger partial charge in [0.1, 0.15) is 0 Å². The molecule has 2 aromatic rings. The van der Waals surface area contributed by atoms with Crippen LogP contribution in [0.3, 0.4) is 0 Å². The Balaban J connectivity index is 1.87. The number of pyridine rings is 1. The minimum atomic E-state index is 0.152. The van der Waals surface area contributed by atoms with E-state index in [1.807, 2.05) is 37.4 Å². The van der Waals surface area contributed by atoms with E-state index in [1.54, 1.807) is 11.1 Å². The molecule has 3 nitrogen and oxygen atoms in total. The van der Waals surface area contributed by atoms with E-state index >= 15 is 0 Å². The van der Waals surface area contributed by atoms with Crippen LogP contribution in [-0.4, -0.2) is 22.8 Å². The van der Waals surface area contributed by atoms with Crippen molar-refractivity contribution in [2.45, 2.75) is 26.3 Å². The second kappa shape index (κ2) is 6.85. The number of hydrogen-bond acceptors (Lipinski definition) is 2. The lowest BCUT2D eigenvalue weighted by atomic mass is 10.0. The molecule has 1 aromatic heterocycles. The predicted octanol–water partition coefficient (Wildman–Crippen LogP) is 2.98. The van der Waals surface area contributed by atoms with Gasteiger partial charge in [-0.3, -0.25) is 9.78 Å². The third kappa shape index (κ3) is 3.92. The molecule has 0 aliphatic heterocycles. The van der Waals surface area contributed by atoms with Gasteiger partial charge in [-0.15, -0.1) is 0 Å². The second-order valence-electron chi connectivity index (χ2n) is 5.00. The maximum Gasteiger partial charge on any atom is 0.222 e. The Kier molecular flexibility index (Phi) is 4.88. The SMILES string of the molecule is Cc1ccccc1CCC(=O)N(C)Cc1ccccn1. The van der Waals surface area contributed by atoms with E-state index in [-0.39, 0.29) is 5.91 Å². The molecule has 0 fully saturated rings. The molecule has 1 amide bonds. The summed E-state index contributed by atoms with van der Waals surface area (Å²) >= 11 is 0. The lowest BCUT2D eigenvalue weighted by Crippen LogP contribution is -2.26. The Bertz CT molecular complexity index is 566. The number of amides is 1. The molecule has 0 radical (unpaired) electrons. The molecule has 0 N–H and O–H groups in total. The third-order valence-electron chi connectivity index (χ3n) is 3.42. The van der Waals surface area contributed by atoms with Crippen molar-refractivity contribution in [3.8, 4) is 0 Å². The van der Waals surface area contributed by atoms with Gasteiger partial charge in [0.15, 0.2) is 0 Å². The van der Waals surface area contributed by atoms with Crippen LogP contribution in [0.15, 0.2) is 48.7 Å². The largest absolute Gasteiger partial charge is 0.340 e. The summed E-state index contributed by atoms with van der Waals surface area (Å²) in [5.41, 5.74) is 3.40. The quantitative estimate of drug-likeness (QED) is 0.835. The lowest BCUT2D eigenvalue weighted by Gasteiger charge is -2.17. The molecule has 1 aromatic carbocycles. The summed E-state index contributed by atoms with van der Waals surface area (Å²) in [6.07, 6.45) is 3.08. The fraction of sp³-hybridized carbons (Fsp3) is 0.294. The standard InChI is InChI=1S/C17H20N2O/c1-14-7-3-4-8-15(14)10-11-17(20)19(2)13-16-9-5-6-12-18-16/h3-9,12H,10-11,13H2,1-2H3. The molecule has 20 heavy (non-hydrogen) atoms. The molecule has 0 bridgehead atoms. The Hall–Kier alpha value is -2.16. The molecule has 0 saturated carbocycles. The first-order valence-electron chi connectivity index (χ1n) is 6.85. The summed E-state index contributed by atoms with van der Waals surface area (Å²) in [7, 11) is 1.83. The number of aryl methyl sites for hydroxylation is 2. The molecule has 2 rings (SSSR count). The fourth-order valence-corrected chi connectivity index (χ4v) is 2.15. The zero-order chi connectivity index (χ0) is 14.4. The normalized spacial score (nSPS) is 10.3. The van der Waals surface area contributed by atoms with Gasteiger partial charge >= 0.3 is 0 Å². The highest BCUT2D eigenvalue weighted by Crippen LogP contribution is 2.11. The van der Waals surface area contributed by atoms with Gasteiger partial charge < -0.3 is 4.90 Å². The second-order valence-corrected chi connectivity index (χ2v) is 5.00. The van der Waals surface area contributed by atoms with E-state index in [0.717, 1.165) is 12.1 Å². The van der Waals surface area contributed by atoms with E-state index < -0.39 is 0 Å². The highest BCUT2D eigenvalue weighted by atomic mass is 16.2. The van der Waals surface area contributed by atoms with Gasteiger partial charge in [-0.05, 0) is 36.6 Å². The molecule has 3 heteroatoms. The number of benzene rings is 1. The van der Waals surface area contributed by atoms with Gasteiger partial charge in [-0.1, -0.05) is 30.3 Å². The summed E-state index contributed by atoms with van der Waals surface area (Å²) in [6.45, 7) is 2.64. The van der Waals surface area contributed by atoms with Crippen LogP contribution in [0.1, 0.15) is 23.2 Å². The number of carbonyl (C=O) groups is 1. The van der Waals surface area contributed by atoms with Crippen molar-refractivity contribution in [3.63, 3.8) is 0 Å². The van der Waals surface area contributed by atoms with Crippen LogP contribution >= 0.6 is 0 Å². The maximum absolute atomic E-state index is 12.1. The van der Waals surface area contributed by atoms with Crippen LogP contribution < -0.4 is 0 Å². The highest BCUT2D eigenvalue weighted by molar-refractivity contribution is 5.76. The molecular formula is C17H20N2O. The summed E-state index contributed by atoms with van der Waals surface area (Å²) in [4.78, 5) is 18.1. The zero-order valence-electron chi connectivity index (χ0n) is 12.0. The van der Waals surface area contributed by atoms with Crippen LogP contribution in [0.2, 0.25) is 0 Å². The summed E-state index contributed by atoms with van der Waals surface area (Å²) in [5, 5.41) is 0. The molecule has 0 unspecified atom stereocenters. The highest BCUT2D eigenvalue weighted by Gasteiger charge is 2.10. The lowest BCUT2D eigenvalue weighted by molar-refractivity contribution is -0.130. The van der Waals surface area contributed by atoms with Gasteiger partial charge in [0.05, 0.1) is 12.2 Å². The Morgan fingerprint density at radius 2 is 1.90 bits per heavy atom. The summed E-state index contributed by atoms with van der Waals surface area (Å²) < 4.78 is 0. The van der Waals surface area contributed by atoms with Crippen molar-refractivity contribution < 1.29 is 4.79 Å². The molecule has 0 aliphatic rings.